The molecule has 1 N–H and O–H groups in total. The number of ketones is 2. The summed E-state index contributed by atoms with van der Waals surface area (Å²) in [6.45, 7) is 1.74. The van der Waals surface area contributed by atoms with Crippen LogP contribution in [0.1, 0.15) is 40.7 Å². The predicted octanol–water partition coefficient (Wildman–Crippen LogP) is 3.20. The van der Waals surface area contributed by atoms with Gasteiger partial charge in [0.2, 0.25) is 17.2 Å². The molecule has 1 aliphatic carbocycles. The van der Waals surface area contributed by atoms with E-state index in [1.807, 2.05) is 0 Å². The van der Waals surface area contributed by atoms with Gasteiger partial charge in [0, 0.05) is 43.3 Å². The van der Waals surface area contributed by atoms with Crippen molar-refractivity contribution in [1.82, 2.24) is 9.13 Å². The standard InChI is InChI=1S/C30H28ClN3O8/c1-13-11-16-20(25(35)30(13)26(36)21-17(40-5)12-18(41-6)23(31)24(21)42-30)19(14-7-9-15(39-4)10-8-14)22-27(32-16)33(2)29(38)34(3)28(22)37/h7-10,12-13,19,32H,11H2,1-6H3/t13-,19?,30+/m1/s1. The van der Waals surface area contributed by atoms with Crippen LogP contribution in [0.3, 0.4) is 0 Å². The fourth-order valence-corrected chi connectivity index (χ4v) is 6.58. The number of anilines is 1. The highest BCUT2D eigenvalue weighted by atomic mass is 35.5. The van der Waals surface area contributed by atoms with Crippen molar-refractivity contribution >= 4 is 29.0 Å². The average molecular weight is 594 g/mol. The molecule has 0 fully saturated rings. The number of benzene rings is 2. The summed E-state index contributed by atoms with van der Waals surface area (Å²) in [7, 11) is 7.29. The number of hydrogen-bond donors (Lipinski definition) is 1. The van der Waals surface area contributed by atoms with Crippen molar-refractivity contribution in [3.05, 3.63) is 84.2 Å². The highest BCUT2D eigenvalue weighted by molar-refractivity contribution is 6.36. The minimum atomic E-state index is -1.97. The number of aromatic nitrogens is 2. The summed E-state index contributed by atoms with van der Waals surface area (Å²) >= 11 is 6.59. The highest BCUT2D eigenvalue weighted by Gasteiger charge is 2.63. The molecule has 1 aromatic heterocycles. The Hall–Kier alpha value is -4.51. The van der Waals surface area contributed by atoms with Gasteiger partial charge in [-0.15, -0.1) is 0 Å². The van der Waals surface area contributed by atoms with E-state index in [2.05, 4.69) is 5.32 Å². The molecular weight excluding hydrogens is 566 g/mol. The van der Waals surface area contributed by atoms with Gasteiger partial charge in [0.05, 0.1) is 26.9 Å². The van der Waals surface area contributed by atoms with E-state index in [0.717, 1.165) is 4.57 Å². The maximum Gasteiger partial charge on any atom is 0.332 e. The number of rotatable bonds is 4. The van der Waals surface area contributed by atoms with Crippen molar-refractivity contribution in [3.63, 3.8) is 0 Å². The van der Waals surface area contributed by atoms with Gasteiger partial charge in [-0.2, -0.15) is 0 Å². The van der Waals surface area contributed by atoms with Gasteiger partial charge < -0.3 is 24.3 Å². The number of carbonyl (C=O) groups is 2. The lowest BCUT2D eigenvalue weighted by molar-refractivity contribution is -0.130. The van der Waals surface area contributed by atoms with E-state index in [1.54, 1.807) is 38.2 Å². The number of methoxy groups -OCH3 is 3. The summed E-state index contributed by atoms with van der Waals surface area (Å²) in [5.41, 5.74) is -1.51. The van der Waals surface area contributed by atoms with E-state index in [-0.39, 0.29) is 51.2 Å². The van der Waals surface area contributed by atoms with Crippen LogP contribution in [0.15, 0.2) is 51.2 Å². The van der Waals surface area contributed by atoms with Gasteiger partial charge in [-0.3, -0.25) is 23.5 Å². The zero-order valence-electron chi connectivity index (χ0n) is 23.8. The maximum atomic E-state index is 14.8. The zero-order valence-corrected chi connectivity index (χ0v) is 24.5. The molecule has 1 unspecified atom stereocenters. The zero-order chi connectivity index (χ0) is 30.2. The Bertz CT molecular complexity index is 1860. The number of nitrogens with zero attached hydrogens (tertiary/aromatic N) is 2. The van der Waals surface area contributed by atoms with Crippen LogP contribution in [0.25, 0.3) is 0 Å². The van der Waals surface area contributed by atoms with Crippen LogP contribution in [0, 0.1) is 5.92 Å². The maximum absolute atomic E-state index is 14.8. The summed E-state index contributed by atoms with van der Waals surface area (Å²) in [5, 5.41) is 3.24. The number of carbonyl (C=O) groups excluding carboxylic acids is 2. The molecule has 2 aliphatic heterocycles. The lowest BCUT2D eigenvalue weighted by Gasteiger charge is -2.42. The summed E-state index contributed by atoms with van der Waals surface area (Å²) in [4.78, 5) is 55.7. The Balaban J connectivity index is 1.61. The van der Waals surface area contributed by atoms with Crippen LogP contribution >= 0.6 is 11.6 Å². The van der Waals surface area contributed by atoms with E-state index >= 15 is 0 Å². The quantitative estimate of drug-likeness (QED) is 0.454. The molecule has 0 saturated carbocycles. The normalized spacial score (nSPS) is 22.3. The number of hydrogen-bond acceptors (Lipinski definition) is 9. The molecule has 2 aromatic carbocycles. The third kappa shape index (κ3) is 3.46. The molecule has 1 spiro atoms. The molecule has 218 valence electrons. The van der Waals surface area contributed by atoms with Crippen LogP contribution in [0.4, 0.5) is 5.82 Å². The van der Waals surface area contributed by atoms with Crippen LogP contribution in [0.2, 0.25) is 5.02 Å². The van der Waals surface area contributed by atoms with Crippen LogP contribution < -0.4 is 35.5 Å². The second kappa shape index (κ2) is 9.52. The first-order chi connectivity index (χ1) is 20.0. The van der Waals surface area contributed by atoms with Gasteiger partial charge >= 0.3 is 5.69 Å². The summed E-state index contributed by atoms with van der Waals surface area (Å²) in [6, 6.07) is 8.43. The molecule has 42 heavy (non-hydrogen) atoms. The van der Waals surface area contributed by atoms with Crippen LogP contribution in [-0.4, -0.2) is 47.6 Å². The first-order valence-electron chi connectivity index (χ1n) is 13.2. The Morgan fingerprint density at radius 1 is 0.952 bits per heavy atom. The van der Waals surface area contributed by atoms with Gasteiger partial charge in [0.1, 0.15) is 33.7 Å². The summed E-state index contributed by atoms with van der Waals surface area (Å²) in [5.74, 6) is -1.52. The minimum Gasteiger partial charge on any atom is -0.497 e. The van der Waals surface area contributed by atoms with Crippen molar-refractivity contribution < 1.29 is 28.5 Å². The molecular formula is C30H28ClN3O8. The van der Waals surface area contributed by atoms with Crippen molar-refractivity contribution in [3.8, 4) is 23.0 Å². The number of Topliss-reactive ketones (excluding diaryl/α,β-unsaturated/α-hetero) is 2. The largest absolute Gasteiger partial charge is 0.497 e. The van der Waals surface area contributed by atoms with Gasteiger partial charge in [0.25, 0.3) is 5.56 Å². The number of fused-ring (bicyclic) bond motifs is 2. The fourth-order valence-electron chi connectivity index (χ4n) is 6.32. The average Bonchev–Trinajstić information content (AvgIpc) is 3.31. The monoisotopic (exact) mass is 593 g/mol. The number of halogens is 1. The molecule has 3 aromatic rings. The molecule has 0 bridgehead atoms. The fraction of sp³-hybridized carbons (Fsp3) is 0.333. The predicted molar refractivity (Wildman–Crippen MR) is 153 cm³/mol. The molecule has 3 aliphatic rings. The molecule has 0 radical (unpaired) electrons. The van der Waals surface area contributed by atoms with E-state index in [0.29, 0.717) is 17.0 Å². The molecule has 3 atom stereocenters. The van der Waals surface area contributed by atoms with Crippen molar-refractivity contribution in [1.29, 1.82) is 0 Å². The smallest absolute Gasteiger partial charge is 0.332 e. The number of allylic oxidation sites excluding steroid dienone is 1. The first-order valence-corrected chi connectivity index (χ1v) is 13.6. The van der Waals surface area contributed by atoms with E-state index in [4.69, 9.17) is 30.5 Å². The SMILES string of the molecule is COc1ccc(C2C3=C(C[C@@H](C)[C@]4(Oc5c(Cl)c(OC)cc(OC)c5C4=O)C3=O)Nc3c2c(=O)n(C)c(=O)n3C)cc1. The van der Waals surface area contributed by atoms with E-state index in [9.17, 15) is 19.2 Å². The molecule has 11 nitrogen and oxygen atoms in total. The molecule has 12 heteroatoms. The second-order valence-corrected chi connectivity index (χ2v) is 11.0. The van der Waals surface area contributed by atoms with Gasteiger partial charge in [-0.25, -0.2) is 4.79 Å². The third-order valence-corrected chi connectivity index (χ3v) is 8.88. The molecule has 0 amide bonds. The van der Waals surface area contributed by atoms with Crippen molar-refractivity contribution in [2.45, 2.75) is 24.9 Å². The molecule has 0 saturated heterocycles. The van der Waals surface area contributed by atoms with E-state index in [1.165, 1.54) is 39.0 Å². The number of ether oxygens (including phenoxy) is 4. The van der Waals surface area contributed by atoms with E-state index < -0.39 is 40.3 Å². The topological polar surface area (TPSA) is 127 Å². The Kier molecular flexibility index (Phi) is 6.27. The van der Waals surface area contributed by atoms with Gasteiger partial charge in [-0.05, 0) is 24.1 Å². The van der Waals surface area contributed by atoms with Crippen LogP contribution in [-0.2, 0) is 18.9 Å². The lowest BCUT2D eigenvalue weighted by Crippen LogP contribution is -2.58. The third-order valence-electron chi connectivity index (χ3n) is 8.53. The van der Waals surface area contributed by atoms with Gasteiger partial charge in [-0.1, -0.05) is 30.7 Å². The van der Waals surface area contributed by atoms with Crippen LogP contribution in [0.5, 0.6) is 23.0 Å². The highest BCUT2D eigenvalue weighted by Crippen LogP contribution is 2.56. The molecule has 3 heterocycles. The van der Waals surface area contributed by atoms with Crippen molar-refractivity contribution in [2.24, 2.45) is 20.0 Å². The Morgan fingerprint density at radius 3 is 2.24 bits per heavy atom. The number of nitrogens with one attached hydrogen (secondary N) is 1. The summed E-state index contributed by atoms with van der Waals surface area (Å²) in [6.07, 6.45) is 0.202. The Morgan fingerprint density at radius 2 is 1.62 bits per heavy atom. The minimum absolute atomic E-state index is 0.00518. The summed E-state index contributed by atoms with van der Waals surface area (Å²) < 4.78 is 24.8. The first kappa shape index (κ1) is 27.6. The molecule has 6 rings (SSSR count). The Labute approximate surface area is 245 Å². The second-order valence-electron chi connectivity index (χ2n) is 10.6. The van der Waals surface area contributed by atoms with Crippen molar-refractivity contribution in [2.75, 3.05) is 26.6 Å². The van der Waals surface area contributed by atoms with Gasteiger partial charge in [0.15, 0.2) is 5.75 Å². The lowest BCUT2D eigenvalue weighted by atomic mass is 9.66.